The standard InChI is InChI=1S/C15H17NO2/c1-10-3-8-14(11(2)15(10)18)16-9-12-4-6-13(17)7-5-12/h3-8,16-18H,9H2,1-2H3. The number of anilines is 1. The van der Waals surface area contributed by atoms with Crippen molar-refractivity contribution in [1.29, 1.82) is 0 Å². The van der Waals surface area contributed by atoms with Gasteiger partial charge in [0.25, 0.3) is 0 Å². The smallest absolute Gasteiger partial charge is 0.123 e. The van der Waals surface area contributed by atoms with Gasteiger partial charge in [0.05, 0.1) is 0 Å². The molecule has 0 amide bonds. The van der Waals surface area contributed by atoms with Crippen molar-refractivity contribution < 1.29 is 10.2 Å². The molecule has 0 unspecified atom stereocenters. The highest BCUT2D eigenvalue weighted by atomic mass is 16.3. The molecule has 0 saturated carbocycles. The Balaban J connectivity index is 2.11. The third-order valence-electron chi connectivity index (χ3n) is 3.05. The Hall–Kier alpha value is -2.16. The molecule has 0 atom stereocenters. The van der Waals surface area contributed by atoms with Crippen molar-refractivity contribution in [3.05, 3.63) is 53.1 Å². The zero-order valence-corrected chi connectivity index (χ0v) is 10.6. The highest BCUT2D eigenvalue weighted by Crippen LogP contribution is 2.28. The maximum Gasteiger partial charge on any atom is 0.123 e. The van der Waals surface area contributed by atoms with Crippen molar-refractivity contribution in [3.8, 4) is 11.5 Å². The minimum atomic E-state index is 0.267. The molecule has 0 radical (unpaired) electrons. The summed E-state index contributed by atoms with van der Waals surface area (Å²) in [5, 5.41) is 22.3. The van der Waals surface area contributed by atoms with Crippen LogP contribution in [0.1, 0.15) is 16.7 Å². The first-order chi connectivity index (χ1) is 8.58. The number of phenols is 2. The monoisotopic (exact) mass is 243 g/mol. The van der Waals surface area contributed by atoms with Crippen molar-refractivity contribution in [2.75, 3.05) is 5.32 Å². The van der Waals surface area contributed by atoms with Crippen LogP contribution in [0.5, 0.6) is 11.5 Å². The summed E-state index contributed by atoms with van der Waals surface area (Å²) in [6.07, 6.45) is 0. The third kappa shape index (κ3) is 2.56. The lowest BCUT2D eigenvalue weighted by atomic mass is 10.1. The molecule has 0 aliphatic rings. The fourth-order valence-corrected chi connectivity index (χ4v) is 1.84. The second kappa shape index (κ2) is 5.00. The maximum atomic E-state index is 9.85. The SMILES string of the molecule is Cc1ccc(NCc2ccc(O)cc2)c(C)c1O. The van der Waals surface area contributed by atoms with Gasteiger partial charge in [-0.3, -0.25) is 0 Å². The summed E-state index contributed by atoms with van der Waals surface area (Å²) >= 11 is 0. The number of aromatic hydroxyl groups is 2. The summed E-state index contributed by atoms with van der Waals surface area (Å²) < 4.78 is 0. The van der Waals surface area contributed by atoms with E-state index in [9.17, 15) is 10.2 Å². The molecule has 0 spiro atoms. The average molecular weight is 243 g/mol. The van der Waals surface area contributed by atoms with E-state index in [0.29, 0.717) is 12.3 Å². The molecule has 0 heterocycles. The second-order valence-electron chi connectivity index (χ2n) is 4.42. The number of phenolic OH excluding ortho intramolecular Hbond substituents is 2. The van der Waals surface area contributed by atoms with Crippen molar-refractivity contribution >= 4 is 5.69 Å². The van der Waals surface area contributed by atoms with Crippen LogP contribution in [-0.2, 0) is 6.54 Å². The second-order valence-corrected chi connectivity index (χ2v) is 4.42. The molecule has 18 heavy (non-hydrogen) atoms. The van der Waals surface area contributed by atoms with Gasteiger partial charge in [-0.2, -0.15) is 0 Å². The van der Waals surface area contributed by atoms with Gasteiger partial charge in [0.2, 0.25) is 0 Å². The predicted octanol–water partition coefficient (Wildman–Crippen LogP) is 3.33. The molecule has 0 bridgehead atoms. The lowest BCUT2D eigenvalue weighted by molar-refractivity contribution is 0.467. The van der Waals surface area contributed by atoms with E-state index >= 15 is 0 Å². The van der Waals surface area contributed by atoms with Crippen LogP contribution in [0.4, 0.5) is 5.69 Å². The first kappa shape index (κ1) is 12.3. The van der Waals surface area contributed by atoms with Crippen LogP contribution in [0.25, 0.3) is 0 Å². The first-order valence-corrected chi connectivity index (χ1v) is 5.89. The van der Waals surface area contributed by atoms with Gasteiger partial charge in [-0.1, -0.05) is 18.2 Å². The Labute approximate surface area is 107 Å². The highest BCUT2D eigenvalue weighted by molar-refractivity contribution is 5.59. The number of rotatable bonds is 3. The van der Waals surface area contributed by atoms with Gasteiger partial charge in [-0.05, 0) is 43.2 Å². The molecule has 0 aromatic heterocycles. The van der Waals surface area contributed by atoms with Crippen molar-refractivity contribution in [2.24, 2.45) is 0 Å². The van der Waals surface area contributed by atoms with Crippen LogP contribution in [0, 0.1) is 13.8 Å². The van der Waals surface area contributed by atoms with E-state index in [1.54, 1.807) is 12.1 Å². The zero-order chi connectivity index (χ0) is 13.1. The summed E-state index contributed by atoms with van der Waals surface area (Å²) in [4.78, 5) is 0. The summed E-state index contributed by atoms with van der Waals surface area (Å²) in [6.45, 7) is 4.43. The molecular weight excluding hydrogens is 226 g/mol. The molecule has 2 aromatic carbocycles. The van der Waals surface area contributed by atoms with Gasteiger partial charge in [-0.15, -0.1) is 0 Å². The summed E-state index contributed by atoms with van der Waals surface area (Å²) in [5.74, 6) is 0.605. The molecule has 0 aliphatic carbocycles. The van der Waals surface area contributed by atoms with Gasteiger partial charge in [0, 0.05) is 17.8 Å². The Morgan fingerprint density at radius 2 is 1.61 bits per heavy atom. The van der Waals surface area contributed by atoms with Crippen LogP contribution < -0.4 is 5.32 Å². The van der Waals surface area contributed by atoms with E-state index in [1.165, 1.54) is 0 Å². The molecule has 3 heteroatoms. The first-order valence-electron chi connectivity index (χ1n) is 5.89. The number of hydrogen-bond acceptors (Lipinski definition) is 3. The molecule has 2 rings (SSSR count). The predicted molar refractivity (Wildman–Crippen MR) is 73.0 cm³/mol. The lowest BCUT2D eigenvalue weighted by Crippen LogP contribution is -2.01. The van der Waals surface area contributed by atoms with Gasteiger partial charge < -0.3 is 15.5 Å². The quantitative estimate of drug-likeness (QED) is 0.775. The Morgan fingerprint density at radius 3 is 2.28 bits per heavy atom. The largest absolute Gasteiger partial charge is 0.508 e. The number of nitrogens with one attached hydrogen (secondary N) is 1. The van der Waals surface area contributed by atoms with Gasteiger partial charge in [0.15, 0.2) is 0 Å². The van der Waals surface area contributed by atoms with Crippen LogP contribution >= 0.6 is 0 Å². The number of benzene rings is 2. The molecule has 3 nitrogen and oxygen atoms in total. The Kier molecular flexibility index (Phi) is 3.42. The highest BCUT2D eigenvalue weighted by Gasteiger charge is 2.05. The van der Waals surface area contributed by atoms with Crippen molar-refractivity contribution in [1.82, 2.24) is 0 Å². The fraction of sp³-hybridized carbons (Fsp3) is 0.200. The van der Waals surface area contributed by atoms with Gasteiger partial charge in [-0.25, -0.2) is 0 Å². The molecule has 0 fully saturated rings. The Morgan fingerprint density at radius 1 is 0.944 bits per heavy atom. The number of hydrogen-bond donors (Lipinski definition) is 3. The van der Waals surface area contributed by atoms with E-state index in [1.807, 2.05) is 38.1 Å². The van der Waals surface area contributed by atoms with Crippen molar-refractivity contribution in [3.63, 3.8) is 0 Å². The van der Waals surface area contributed by atoms with E-state index in [2.05, 4.69) is 5.32 Å². The lowest BCUT2D eigenvalue weighted by Gasteiger charge is -2.12. The summed E-state index contributed by atoms with van der Waals surface area (Å²) in [7, 11) is 0. The fourth-order valence-electron chi connectivity index (χ4n) is 1.84. The van der Waals surface area contributed by atoms with Crippen molar-refractivity contribution in [2.45, 2.75) is 20.4 Å². The van der Waals surface area contributed by atoms with Crippen LogP contribution in [0.15, 0.2) is 36.4 Å². The topological polar surface area (TPSA) is 52.5 Å². The maximum absolute atomic E-state index is 9.85. The van der Waals surface area contributed by atoms with Gasteiger partial charge >= 0.3 is 0 Å². The zero-order valence-electron chi connectivity index (χ0n) is 10.6. The normalized spacial score (nSPS) is 10.3. The molecule has 0 saturated heterocycles. The van der Waals surface area contributed by atoms with E-state index in [-0.39, 0.29) is 5.75 Å². The van der Waals surface area contributed by atoms with E-state index < -0.39 is 0 Å². The summed E-state index contributed by atoms with van der Waals surface area (Å²) in [5.41, 5.74) is 3.73. The van der Waals surface area contributed by atoms with E-state index in [0.717, 1.165) is 22.4 Å². The van der Waals surface area contributed by atoms with E-state index in [4.69, 9.17) is 0 Å². The number of aryl methyl sites for hydroxylation is 1. The van der Waals surface area contributed by atoms with Crippen LogP contribution in [0.3, 0.4) is 0 Å². The molecule has 0 aliphatic heterocycles. The third-order valence-corrected chi connectivity index (χ3v) is 3.05. The average Bonchev–Trinajstić information content (AvgIpc) is 2.37. The molecule has 94 valence electrons. The van der Waals surface area contributed by atoms with Crippen LogP contribution in [0.2, 0.25) is 0 Å². The van der Waals surface area contributed by atoms with Crippen LogP contribution in [-0.4, -0.2) is 10.2 Å². The minimum Gasteiger partial charge on any atom is -0.508 e. The minimum absolute atomic E-state index is 0.267. The molecular formula is C15H17NO2. The molecule has 3 N–H and O–H groups in total. The summed E-state index contributed by atoms with van der Waals surface area (Å²) in [6, 6.07) is 10.9. The Bertz CT molecular complexity index is 547. The molecule has 2 aromatic rings. The van der Waals surface area contributed by atoms with Gasteiger partial charge in [0.1, 0.15) is 11.5 Å².